The van der Waals surface area contributed by atoms with Crippen molar-refractivity contribution < 1.29 is 14.7 Å². The summed E-state index contributed by atoms with van der Waals surface area (Å²) in [6.07, 6.45) is 3.96. The van der Waals surface area contributed by atoms with Crippen LogP contribution in [0.2, 0.25) is 0 Å². The maximum absolute atomic E-state index is 12.3. The van der Waals surface area contributed by atoms with Crippen LogP contribution < -0.4 is 0 Å². The molecule has 0 aromatic rings. The number of carbonyl (C=O) groups excluding carboxylic acids is 1. The number of likely N-dealkylation sites (tertiary alicyclic amines) is 1. The molecule has 0 saturated carbocycles. The smallest absolute Gasteiger partial charge is 0.311 e. The average Bonchev–Trinajstić information content (AvgIpc) is 2.84. The monoisotopic (exact) mass is 294 g/mol. The Morgan fingerprint density at radius 2 is 1.90 bits per heavy atom. The van der Waals surface area contributed by atoms with Crippen molar-refractivity contribution >= 4 is 11.9 Å². The van der Waals surface area contributed by atoms with Gasteiger partial charge in [0.25, 0.3) is 0 Å². The van der Waals surface area contributed by atoms with Crippen LogP contribution in [0.3, 0.4) is 0 Å². The van der Waals surface area contributed by atoms with Crippen LogP contribution in [-0.4, -0.2) is 59.5 Å². The highest BCUT2D eigenvalue weighted by atomic mass is 16.4. The van der Waals surface area contributed by atoms with Crippen molar-refractivity contribution in [3.63, 3.8) is 0 Å². The predicted octanol–water partition coefficient (Wildman–Crippen LogP) is 1.62. The standard InChI is InChI=1S/C16H26N2O3/c1-5-8-18(9-6-2)14(19)11-17-10-7-16(12-17,13(3)4)15(20)21/h5-6,13H,1-2,7-12H2,3-4H3,(H,20,21). The highest BCUT2D eigenvalue weighted by Crippen LogP contribution is 2.38. The van der Waals surface area contributed by atoms with Gasteiger partial charge < -0.3 is 10.0 Å². The van der Waals surface area contributed by atoms with E-state index >= 15 is 0 Å². The van der Waals surface area contributed by atoms with Crippen molar-refractivity contribution in [1.82, 2.24) is 9.80 Å². The number of carboxylic acid groups (broad SMARTS) is 1. The summed E-state index contributed by atoms with van der Waals surface area (Å²) in [5, 5.41) is 9.52. The van der Waals surface area contributed by atoms with Gasteiger partial charge in [-0.3, -0.25) is 14.5 Å². The zero-order valence-corrected chi connectivity index (χ0v) is 13.0. The van der Waals surface area contributed by atoms with Crippen LogP contribution >= 0.6 is 0 Å². The van der Waals surface area contributed by atoms with E-state index in [0.717, 1.165) is 0 Å². The van der Waals surface area contributed by atoms with Crippen LogP contribution in [-0.2, 0) is 9.59 Å². The third kappa shape index (κ3) is 3.94. The Kier molecular flexibility index (Phi) is 6.15. The van der Waals surface area contributed by atoms with Crippen molar-refractivity contribution in [2.45, 2.75) is 20.3 Å². The number of carbonyl (C=O) groups is 2. The molecule has 1 amide bonds. The molecule has 0 bridgehead atoms. The van der Waals surface area contributed by atoms with Gasteiger partial charge in [-0.15, -0.1) is 13.2 Å². The third-order valence-corrected chi connectivity index (χ3v) is 4.32. The molecular formula is C16H26N2O3. The topological polar surface area (TPSA) is 60.9 Å². The van der Waals surface area contributed by atoms with Gasteiger partial charge in [0.15, 0.2) is 0 Å². The van der Waals surface area contributed by atoms with E-state index in [1.807, 2.05) is 18.7 Å². The summed E-state index contributed by atoms with van der Waals surface area (Å²) in [5.41, 5.74) is -0.734. The Labute approximate surface area is 126 Å². The van der Waals surface area contributed by atoms with Gasteiger partial charge in [-0.05, 0) is 18.9 Å². The first kappa shape index (κ1) is 17.4. The molecular weight excluding hydrogens is 268 g/mol. The summed E-state index contributed by atoms with van der Waals surface area (Å²) < 4.78 is 0. The second-order valence-electron chi connectivity index (χ2n) is 5.95. The molecule has 1 saturated heterocycles. The molecule has 0 aromatic heterocycles. The van der Waals surface area contributed by atoms with Gasteiger partial charge in [-0.2, -0.15) is 0 Å². The van der Waals surface area contributed by atoms with Crippen LogP contribution in [0, 0.1) is 11.3 Å². The highest BCUT2D eigenvalue weighted by molar-refractivity contribution is 5.79. The molecule has 1 rings (SSSR count). The molecule has 1 aliphatic heterocycles. The van der Waals surface area contributed by atoms with Crippen LogP contribution in [0.25, 0.3) is 0 Å². The quantitative estimate of drug-likeness (QED) is 0.691. The van der Waals surface area contributed by atoms with Crippen molar-refractivity contribution in [1.29, 1.82) is 0 Å². The highest BCUT2D eigenvalue weighted by Gasteiger charge is 2.47. The summed E-state index contributed by atoms with van der Waals surface area (Å²) in [5.74, 6) is -0.728. The Hall–Kier alpha value is -1.62. The van der Waals surface area contributed by atoms with E-state index in [9.17, 15) is 14.7 Å². The predicted molar refractivity (Wildman–Crippen MR) is 82.9 cm³/mol. The minimum atomic E-state index is -0.763. The van der Waals surface area contributed by atoms with Gasteiger partial charge in [-0.1, -0.05) is 26.0 Å². The molecule has 1 atom stereocenters. The van der Waals surface area contributed by atoms with Gasteiger partial charge >= 0.3 is 5.97 Å². The van der Waals surface area contributed by atoms with E-state index in [-0.39, 0.29) is 18.4 Å². The Balaban J connectivity index is 2.68. The van der Waals surface area contributed by atoms with E-state index in [1.54, 1.807) is 17.1 Å². The second-order valence-corrected chi connectivity index (χ2v) is 5.95. The van der Waals surface area contributed by atoms with Crippen molar-refractivity contribution in [2.75, 3.05) is 32.7 Å². The fourth-order valence-electron chi connectivity index (χ4n) is 2.82. The summed E-state index contributed by atoms with van der Waals surface area (Å²) in [6.45, 7) is 13.4. The summed E-state index contributed by atoms with van der Waals surface area (Å²) in [4.78, 5) is 27.5. The first-order chi connectivity index (χ1) is 9.87. The number of aliphatic carboxylic acids is 1. The van der Waals surface area contributed by atoms with E-state index < -0.39 is 11.4 Å². The molecule has 1 heterocycles. The van der Waals surface area contributed by atoms with Gasteiger partial charge in [0.1, 0.15) is 0 Å². The number of amides is 1. The lowest BCUT2D eigenvalue weighted by molar-refractivity contribution is -0.151. The van der Waals surface area contributed by atoms with Gasteiger partial charge in [-0.25, -0.2) is 0 Å². The minimum Gasteiger partial charge on any atom is -0.481 e. The summed E-state index contributed by atoms with van der Waals surface area (Å²) in [6, 6.07) is 0. The molecule has 1 fully saturated rings. The molecule has 5 heteroatoms. The average molecular weight is 294 g/mol. The van der Waals surface area contributed by atoms with E-state index in [4.69, 9.17) is 0 Å². The summed E-state index contributed by atoms with van der Waals surface area (Å²) in [7, 11) is 0. The first-order valence-electron chi connectivity index (χ1n) is 7.32. The first-order valence-corrected chi connectivity index (χ1v) is 7.32. The van der Waals surface area contributed by atoms with Crippen LogP contribution in [0.1, 0.15) is 20.3 Å². The SMILES string of the molecule is C=CCN(CC=C)C(=O)CN1CCC(C(=O)O)(C(C)C)C1. The molecule has 0 aromatic carbocycles. The van der Waals surface area contributed by atoms with Gasteiger partial charge in [0.05, 0.1) is 12.0 Å². The van der Waals surface area contributed by atoms with E-state index in [2.05, 4.69) is 13.2 Å². The zero-order valence-electron chi connectivity index (χ0n) is 13.0. The van der Waals surface area contributed by atoms with Crippen molar-refractivity contribution in [3.05, 3.63) is 25.3 Å². The third-order valence-electron chi connectivity index (χ3n) is 4.32. The molecule has 118 valence electrons. The number of hydrogen-bond donors (Lipinski definition) is 1. The molecule has 21 heavy (non-hydrogen) atoms. The van der Waals surface area contributed by atoms with Crippen LogP contribution in [0.15, 0.2) is 25.3 Å². The largest absolute Gasteiger partial charge is 0.481 e. The number of nitrogens with zero attached hydrogens (tertiary/aromatic N) is 2. The molecule has 0 aliphatic carbocycles. The molecule has 5 nitrogen and oxygen atoms in total. The zero-order chi connectivity index (χ0) is 16.0. The number of carboxylic acids is 1. The van der Waals surface area contributed by atoms with Crippen molar-refractivity contribution in [2.24, 2.45) is 11.3 Å². The second kappa shape index (κ2) is 7.41. The van der Waals surface area contributed by atoms with Crippen LogP contribution in [0.4, 0.5) is 0 Å². The normalized spacial score (nSPS) is 22.2. The lowest BCUT2D eigenvalue weighted by Gasteiger charge is -2.29. The maximum atomic E-state index is 12.3. The Morgan fingerprint density at radius 1 is 1.33 bits per heavy atom. The number of hydrogen-bond acceptors (Lipinski definition) is 3. The Morgan fingerprint density at radius 3 is 2.29 bits per heavy atom. The van der Waals surface area contributed by atoms with Gasteiger partial charge in [0.2, 0.25) is 5.91 Å². The maximum Gasteiger partial charge on any atom is 0.311 e. The van der Waals surface area contributed by atoms with E-state index in [0.29, 0.717) is 32.6 Å². The summed E-state index contributed by atoms with van der Waals surface area (Å²) >= 11 is 0. The van der Waals surface area contributed by atoms with Crippen LogP contribution in [0.5, 0.6) is 0 Å². The minimum absolute atomic E-state index is 0.0141. The lowest BCUT2D eigenvalue weighted by Crippen LogP contribution is -2.43. The molecule has 0 spiro atoms. The molecule has 1 aliphatic rings. The molecule has 1 N–H and O–H groups in total. The lowest BCUT2D eigenvalue weighted by atomic mass is 9.76. The van der Waals surface area contributed by atoms with E-state index in [1.165, 1.54) is 0 Å². The fraction of sp³-hybridized carbons (Fsp3) is 0.625. The van der Waals surface area contributed by atoms with Crippen molar-refractivity contribution in [3.8, 4) is 0 Å². The fourth-order valence-corrected chi connectivity index (χ4v) is 2.82. The molecule has 0 radical (unpaired) electrons. The number of rotatable bonds is 8. The molecule has 1 unspecified atom stereocenters. The Bertz CT molecular complexity index is 410. The van der Waals surface area contributed by atoms with Gasteiger partial charge in [0, 0.05) is 19.6 Å².